The lowest BCUT2D eigenvalue weighted by molar-refractivity contribution is 0.303. The van der Waals surface area contributed by atoms with Crippen molar-refractivity contribution in [1.29, 1.82) is 0 Å². The highest BCUT2D eigenvalue weighted by Crippen LogP contribution is 2.16. The van der Waals surface area contributed by atoms with Crippen molar-refractivity contribution in [2.45, 2.75) is 33.2 Å². The van der Waals surface area contributed by atoms with Gasteiger partial charge in [0, 0.05) is 18.3 Å². The molecule has 0 unspecified atom stereocenters. The van der Waals surface area contributed by atoms with E-state index in [1.165, 1.54) is 0 Å². The molecule has 0 aromatic carbocycles. The van der Waals surface area contributed by atoms with E-state index in [1.54, 1.807) is 12.3 Å². The lowest BCUT2D eigenvalue weighted by atomic mass is 10.2. The van der Waals surface area contributed by atoms with Gasteiger partial charge in [0.1, 0.15) is 0 Å². The lowest BCUT2D eigenvalue weighted by Gasteiger charge is -2.17. The van der Waals surface area contributed by atoms with Gasteiger partial charge in [-0.2, -0.15) is 0 Å². The standard InChI is InChI=1S/C12H20N2O2/c1-9(2)14-7-5-11(15)12(10(14)3)16-8-4-6-13/h5,7,9H,4,6,8,13H2,1-3H3. The summed E-state index contributed by atoms with van der Waals surface area (Å²) in [5, 5.41) is 0. The van der Waals surface area contributed by atoms with Gasteiger partial charge in [0.25, 0.3) is 0 Å². The summed E-state index contributed by atoms with van der Waals surface area (Å²) in [5.41, 5.74) is 6.19. The third kappa shape index (κ3) is 2.85. The topological polar surface area (TPSA) is 57.2 Å². The minimum atomic E-state index is -0.0635. The molecule has 90 valence electrons. The third-order valence-electron chi connectivity index (χ3n) is 2.48. The lowest BCUT2D eigenvalue weighted by Crippen LogP contribution is -2.17. The van der Waals surface area contributed by atoms with Crippen molar-refractivity contribution in [3.63, 3.8) is 0 Å². The van der Waals surface area contributed by atoms with Crippen LogP contribution in [0.15, 0.2) is 17.1 Å². The molecule has 0 fully saturated rings. The van der Waals surface area contributed by atoms with Crippen molar-refractivity contribution in [3.8, 4) is 5.75 Å². The van der Waals surface area contributed by atoms with Crippen molar-refractivity contribution in [1.82, 2.24) is 4.57 Å². The van der Waals surface area contributed by atoms with E-state index in [-0.39, 0.29) is 5.43 Å². The van der Waals surface area contributed by atoms with Crippen LogP contribution in [0, 0.1) is 6.92 Å². The highest BCUT2D eigenvalue weighted by molar-refractivity contribution is 5.27. The zero-order valence-electron chi connectivity index (χ0n) is 10.2. The molecule has 0 aliphatic heterocycles. The predicted octanol–water partition coefficient (Wildman–Crippen LogP) is 1.47. The number of rotatable bonds is 5. The Balaban J connectivity index is 2.97. The predicted molar refractivity (Wildman–Crippen MR) is 65.0 cm³/mol. The first-order valence-corrected chi connectivity index (χ1v) is 5.62. The number of pyridine rings is 1. The molecule has 1 aromatic heterocycles. The Labute approximate surface area is 96.0 Å². The molecule has 2 N–H and O–H groups in total. The van der Waals surface area contributed by atoms with Crippen molar-refractivity contribution < 1.29 is 4.74 Å². The molecule has 0 spiro atoms. The fourth-order valence-corrected chi connectivity index (χ4v) is 1.62. The smallest absolute Gasteiger partial charge is 0.223 e. The summed E-state index contributed by atoms with van der Waals surface area (Å²) in [6, 6.07) is 1.86. The van der Waals surface area contributed by atoms with E-state index in [1.807, 2.05) is 11.5 Å². The molecule has 0 bridgehead atoms. The van der Waals surface area contributed by atoms with Crippen LogP contribution in [0.4, 0.5) is 0 Å². The van der Waals surface area contributed by atoms with Crippen LogP contribution in [0.1, 0.15) is 32.0 Å². The largest absolute Gasteiger partial charge is 0.488 e. The molecule has 1 rings (SSSR count). The first-order chi connectivity index (χ1) is 7.57. The van der Waals surface area contributed by atoms with Crippen molar-refractivity contribution in [3.05, 3.63) is 28.2 Å². The maximum Gasteiger partial charge on any atom is 0.223 e. The summed E-state index contributed by atoms with van der Waals surface area (Å²) < 4.78 is 7.51. The molecule has 0 amide bonds. The summed E-state index contributed by atoms with van der Waals surface area (Å²) in [7, 11) is 0. The first kappa shape index (κ1) is 12.8. The summed E-state index contributed by atoms with van der Waals surface area (Å²) >= 11 is 0. The Kier molecular flexibility index (Phi) is 4.55. The number of hydrogen-bond donors (Lipinski definition) is 1. The molecular weight excluding hydrogens is 204 g/mol. The van der Waals surface area contributed by atoms with E-state index in [0.717, 1.165) is 12.1 Å². The molecule has 0 saturated heterocycles. The van der Waals surface area contributed by atoms with Gasteiger partial charge in [-0.1, -0.05) is 0 Å². The van der Waals surface area contributed by atoms with Gasteiger partial charge >= 0.3 is 0 Å². The summed E-state index contributed by atoms with van der Waals surface area (Å²) in [4.78, 5) is 11.6. The quantitative estimate of drug-likeness (QED) is 0.770. The molecule has 0 aliphatic carbocycles. The second-order valence-electron chi connectivity index (χ2n) is 4.09. The maximum atomic E-state index is 11.6. The zero-order chi connectivity index (χ0) is 12.1. The first-order valence-electron chi connectivity index (χ1n) is 5.62. The molecule has 16 heavy (non-hydrogen) atoms. The van der Waals surface area contributed by atoms with Crippen LogP contribution in [-0.4, -0.2) is 17.7 Å². The fraction of sp³-hybridized carbons (Fsp3) is 0.583. The van der Waals surface area contributed by atoms with Crippen LogP contribution in [0.5, 0.6) is 5.75 Å². The van der Waals surface area contributed by atoms with Gasteiger partial charge in [0.05, 0.1) is 12.3 Å². The Morgan fingerprint density at radius 3 is 2.75 bits per heavy atom. The zero-order valence-corrected chi connectivity index (χ0v) is 10.2. The molecule has 0 saturated carbocycles. The highest BCUT2D eigenvalue weighted by Gasteiger charge is 2.09. The van der Waals surface area contributed by atoms with E-state index in [9.17, 15) is 4.79 Å². The van der Waals surface area contributed by atoms with Gasteiger partial charge in [0.2, 0.25) is 5.43 Å². The van der Waals surface area contributed by atoms with E-state index in [4.69, 9.17) is 10.5 Å². The van der Waals surface area contributed by atoms with Crippen LogP contribution in [0.3, 0.4) is 0 Å². The van der Waals surface area contributed by atoms with Crippen molar-refractivity contribution >= 4 is 0 Å². The van der Waals surface area contributed by atoms with Crippen LogP contribution in [0.25, 0.3) is 0 Å². The number of hydrogen-bond acceptors (Lipinski definition) is 3. The van der Waals surface area contributed by atoms with E-state index < -0.39 is 0 Å². The van der Waals surface area contributed by atoms with E-state index in [0.29, 0.717) is 24.9 Å². The number of nitrogens with two attached hydrogens (primary N) is 1. The van der Waals surface area contributed by atoms with Gasteiger partial charge in [0.15, 0.2) is 5.75 Å². The van der Waals surface area contributed by atoms with Gasteiger partial charge in [-0.25, -0.2) is 0 Å². The Hall–Kier alpha value is -1.29. The summed E-state index contributed by atoms with van der Waals surface area (Å²) in [6.45, 7) is 7.11. The summed E-state index contributed by atoms with van der Waals surface area (Å²) in [6.07, 6.45) is 2.56. The van der Waals surface area contributed by atoms with Crippen molar-refractivity contribution in [2.75, 3.05) is 13.2 Å². The Morgan fingerprint density at radius 1 is 1.50 bits per heavy atom. The van der Waals surface area contributed by atoms with Gasteiger partial charge in [-0.05, 0) is 33.7 Å². The fourth-order valence-electron chi connectivity index (χ4n) is 1.62. The van der Waals surface area contributed by atoms with Gasteiger partial charge in [-0.15, -0.1) is 0 Å². The second-order valence-corrected chi connectivity index (χ2v) is 4.09. The van der Waals surface area contributed by atoms with E-state index in [2.05, 4.69) is 13.8 Å². The average Bonchev–Trinajstić information content (AvgIpc) is 2.22. The van der Waals surface area contributed by atoms with Gasteiger partial charge < -0.3 is 15.0 Å². The van der Waals surface area contributed by atoms with Crippen LogP contribution in [0.2, 0.25) is 0 Å². The molecule has 1 heterocycles. The molecule has 4 heteroatoms. The molecule has 1 aromatic rings. The van der Waals surface area contributed by atoms with Crippen molar-refractivity contribution in [2.24, 2.45) is 5.73 Å². The minimum absolute atomic E-state index is 0.0635. The normalized spacial score (nSPS) is 10.8. The molecular formula is C12H20N2O2. The SMILES string of the molecule is Cc1c(OCCCN)c(=O)ccn1C(C)C. The number of nitrogens with zero attached hydrogens (tertiary/aromatic N) is 1. The van der Waals surface area contributed by atoms with Gasteiger partial charge in [-0.3, -0.25) is 4.79 Å². The Bertz CT molecular complexity index is 396. The second kappa shape index (κ2) is 5.70. The van der Waals surface area contributed by atoms with Crippen LogP contribution < -0.4 is 15.9 Å². The van der Waals surface area contributed by atoms with Crippen LogP contribution >= 0.6 is 0 Å². The highest BCUT2D eigenvalue weighted by atomic mass is 16.5. The monoisotopic (exact) mass is 224 g/mol. The third-order valence-corrected chi connectivity index (χ3v) is 2.48. The average molecular weight is 224 g/mol. The summed E-state index contributed by atoms with van der Waals surface area (Å²) in [5.74, 6) is 0.449. The van der Waals surface area contributed by atoms with E-state index >= 15 is 0 Å². The molecule has 0 atom stereocenters. The molecule has 0 aliphatic rings. The number of aromatic nitrogens is 1. The Morgan fingerprint density at radius 2 is 2.19 bits per heavy atom. The minimum Gasteiger partial charge on any atom is -0.488 e. The molecule has 4 nitrogen and oxygen atoms in total. The number of ether oxygens (including phenoxy) is 1. The van der Waals surface area contributed by atoms with Crippen LogP contribution in [-0.2, 0) is 0 Å². The maximum absolute atomic E-state index is 11.6. The molecule has 0 radical (unpaired) electrons.